The fourth-order valence-corrected chi connectivity index (χ4v) is 1.60. The van der Waals surface area contributed by atoms with Crippen molar-refractivity contribution in [2.45, 2.75) is 6.61 Å². The van der Waals surface area contributed by atoms with Crippen LogP contribution >= 0.6 is 0 Å². The zero-order chi connectivity index (χ0) is 12.8. The molecule has 0 N–H and O–H groups in total. The van der Waals surface area contributed by atoms with E-state index in [-0.39, 0.29) is 0 Å². The lowest BCUT2D eigenvalue weighted by Crippen LogP contribution is -1.97. The van der Waals surface area contributed by atoms with Gasteiger partial charge in [0.15, 0.2) is 11.5 Å². The lowest BCUT2D eigenvalue weighted by molar-refractivity contribution is 0.304. The highest BCUT2D eigenvalue weighted by Crippen LogP contribution is 2.27. The summed E-state index contributed by atoms with van der Waals surface area (Å²) >= 11 is 0. The second kappa shape index (κ2) is 5.96. The first-order chi connectivity index (χ1) is 8.83. The average molecular weight is 243 g/mol. The Morgan fingerprint density at radius 3 is 2.33 bits per heavy atom. The SMILES string of the molecule is COc1ccc(COc2cc[c]cc2)cc1OC. The summed E-state index contributed by atoms with van der Waals surface area (Å²) in [5.41, 5.74) is 1.03. The summed E-state index contributed by atoms with van der Waals surface area (Å²) in [5.74, 6) is 2.25. The fourth-order valence-electron chi connectivity index (χ4n) is 1.60. The average Bonchev–Trinajstić information content (AvgIpc) is 2.45. The lowest BCUT2D eigenvalue weighted by atomic mass is 10.2. The van der Waals surface area contributed by atoms with E-state index in [9.17, 15) is 0 Å². The number of hydrogen-bond acceptors (Lipinski definition) is 3. The van der Waals surface area contributed by atoms with Gasteiger partial charge in [-0.2, -0.15) is 0 Å². The molecule has 2 rings (SSSR count). The molecule has 0 fully saturated rings. The largest absolute Gasteiger partial charge is 0.493 e. The van der Waals surface area contributed by atoms with Crippen LogP contribution in [0.25, 0.3) is 0 Å². The van der Waals surface area contributed by atoms with Crippen molar-refractivity contribution in [1.82, 2.24) is 0 Å². The zero-order valence-electron chi connectivity index (χ0n) is 10.5. The van der Waals surface area contributed by atoms with Gasteiger partial charge >= 0.3 is 0 Å². The van der Waals surface area contributed by atoms with Crippen molar-refractivity contribution in [3.63, 3.8) is 0 Å². The molecule has 0 atom stereocenters. The predicted octanol–water partition coefficient (Wildman–Crippen LogP) is 3.08. The molecule has 0 saturated carbocycles. The molecule has 2 aromatic rings. The Morgan fingerprint density at radius 1 is 0.944 bits per heavy atom. The van der Waals surface area contributed by atoms with Gasteiger partial charge in [-0.05, 0) is 35.9 Å². The third kappa shape index (κ3) is 2.94. The van der Waals surface area contributed by atoms with Crippen molar-refractivity contribution >= 4 is 0 Å². The van der Waals surface area contributed by atoms with Gasteiger partial charge in [-0.15, -0.1) is 0 Å². The van der Waals surface area contributed by atoms with Crippen LogP contribution in [0.4, 0.5) is 0 Å². The van der Waals surface area contributed by atoms with Crippen molar-refractivity contribution in [3.8, 4) is 17.2 Å². The quantitative estimate of drug-likeness (QED) is 0.807. The molecular formula is C15H15O3. The first-order valence-corrected chi connectivity index (χ1v) is 5.63. The molecule has 3 heteroatoms. The van der Waals surface area contributed by atoms with Crippen LogP contribution in [0.3, 0.4) is 0 Å². The van der Waals surface area contributed by atoms with Gasteiger partial charge in [0.25, 0.3) is 0 Å². The maximum atomic E-state index is 5.65. The standard InChI is InChI=1S/C15H15O3/c1-16-14-9-8-12(10-15(14)17-2)11-18-13-6-4-3-5-7-13/h4-10H,11H2,1-2H3. The van der Waals surface area contributed by atoms with E-state index < -0.39 is 0 Å². The summed E-state index contributed by atoms with van der Waals surface area (Å²) in [4.78, 5) is 0. The molecule has 0 aliphatic carbocycles. The van der Waals surface area contributed by atoms with E-state index in [1.165, 1.54) is 0 Å². The summed E-state index contributed by atoms with van der Waals surface area (Å²) in [5, 5.41) is 0. The van der Waals surface area contributed by atoms with Crippen LogP contribution < -0.4 is 14.2 Å². The van der Waals surface area contributed by atoms with Crippen LogP contribution in [0, 0.1) is 6.07 Å². The third-order valence-electron chi connectivity index (χ3n) is 2.54. The molecule has 0 saturated heterocycles. The molecule has 0 aromatic heterocycles. The maximum Gasteiger partial charge on any atom is 0.161 e. The third-order valence-corrected chi connectivity index (χ3v) is 2.54. The molecule has 0 heterocycles. The zero-order valence-corrected chi connectivity index (χ0v) is 10.5. The lowest BCUT2D eigenvalue weighted by Gasteiger charge is -2.10. The van der Waals surface area contributed by atoms with Gasteiger partial charge in [-0.1, -0.05) is 18.2 Å². The minimum Gasteiger partial charge on any atom is -0.493 e. The van der Waals surface area contributed by atoms with E-state index in [2.05, 4.69) is 6.07 Å². The number of rotatable bonds is 5. The van der Waals surface area contributed by atoms with Gasteiger partial charge in [0.05, 0.1) is 14.2 Å². The summed E-state index contributed by atoms with van der Waals surface area (Å²) in [6.45, 7) is 0.490. The molecule has 0 unspecified atom stereocenters. The molecular weight excluding hydrogens is 228 g/mol. The Bertz CT molecular complexity index is 494. The first-order valence-electron chi connectivity index (χ1n) is 5.63. The predicted molar refractivity (Wildman–Crippen MR) is 69.2 cm³/mol. The van der Waals surface area contributed by atoms with Gasteiger partial charge in [0, 0.05) is 0 Å². The minimum atomic E-state index is 0.490. The van der Waals surface area contributed by atoms with E-state index >= 15 is 0 Å². The Kier molecular flexibility index (Phi) is 4.07. The number of benzene rings is 2. The highest BCUT2D eigenvalue weighted by molar-refractivity contribution is 5.42. The van der Waals surface area contributed by atoms with Crippen molar-refractivity contribution < 1.29 is 14.2 Å². The Labute approximate surface area is 107 Å². The smallest absolute Gasteiger partial charge is 0.161 e. The van der Waals surface area contributed by atoms with Gasteiger partial charge < -0.3 is 14.2 Å². The summed E-state index contributed by atoms with van der Waals surface area (Å²) in [6, 6.07) is 16.1. The molecule has 2 aromatic carbocycles. The van der Waals surface area contributed by atoms with Gasteiger partial charge in [0.1, 0.15) is 12.4 Å². The Morgan fingerprint density at radius 2 is 1.67 bits per heavy atom. The van der Waals surface area contributed by atoms with Crippen LogP contribution in [0.5, 0.6) is 17.2 Å². The van der Waals surface area contributed by atoms with Crippen molar-refractivity contribution in [2.24, 2.45) is 0 Å². The molecule has 3 nitrogen and oxygen atoms in total. The molecule has 0 aliphatic rings. The van der Waals surface area contributed by atoms with Crippen molar-refractivity contribution in [3.05, 3.63) is 54.1 Å². The first kappa shape index (κ1) is 12.3. The Balaban J connectivity index is 2.06. The number of ether oxygens (including phenoxy) is 3. The molecule has 1 radical (unpaired) electrons. The highest BCUT2D eigenvalue weighted by atomic mass is 16.5. The highest BCUT2D eigenvalue weighted by Gasteiger charge is 2.04. The number of methoxy groups -OCH3 is 2. The molecule has 0 aliphatic heterocycles. The van der Waals surface area contributed by atoms with Crippen LogP contribution in [0.15, 0.2) is 42.5 Å². The van der Waals surface area contributed by atoms with Crippen LogP contribution in [-0.2, 0) is 6.61 Å². The molecule has 0 spiro atoms. The topological polar surface area (TPSA) is 27.7 Å². The minimum absolute atomic E-state index is 0.490. The second-order valence-electron chi connectivity index (χ2n) is 3.71. The summed E-state index contributed by atoms with van der Waals surface area (Å²) in [7, 11) is 3.24. The van der Waals surface area contributed by atoms with Crippen LogP contribution in [0.2, 0.25) is 0 Å². The van der Waals surface area contributed by atoms with E-state index in [0.29, 0.717) is 12.4 Å². The van der Waals surface area contributed by atoms with Gasteiger partial charge in [-0.3, -0.25) is 0 Å². The summed E-state index contributed by atoms with van der Waals surface area (Å²) in [6.07, 6.45) is 0. The number of hydrogen-bond donors (Lipinski definition) is 0. The van der Waals surface area contributed by atoms with Crippen LogP contribution in [0.1, 0.15) is 5.56 Å². The molecule has 93 valence electrons. The Hall–Kier alpha value is -2.16. The van der Waals surface area contributed by atoms with E-state index in [4.69, 9.17) is 14.2 Å². The van der Waals surface area contributed by atoms with Crippen LogP contribution in [-0.4, -0.2) is 14.2 Å². The molecule has 0 bridgehead atoms. The molecule has 0 amide bonds. The van der Waals surface area contributed by atoms with Gasteiger partial charge in [-0.25, -0.2) is 0 Å². The van der Waals surface area contributed by atoms with Crippen molar-refractivity contribution in [2.75, 3.05) is 14.2 Å². The van der Waals surface area contributed by atoms with E-state index in [1.54, 1.807) is 14.2 Å². The van der Waals surface area contributed by atoms with Crippen molar-refractivity contribution in [1.29, 1.82) is 0 Å². The maximum absolute atomic E-state index is 5.65. The fraction of sp³-hybridized carbons (Fsp3) is 0.200. The normalized spacial score (nSPS) is 9.89. The molecule has 18 heavy (non-hydrogen) atoms. The monoisotopic (exact) mass is 243 g/mol. The van der Waals surface area contributed by atoms with E-state index in [1.807, 2.05) is 42.5 Å². The summed E-state index contributed by atoms with van der Waals surface area (Å²) < 4.78 is 16.1. The second-order valence-corrected chi connectivity index (χ2v) is 3.71. The van der Waals surface area contributed by atoms with Gasteiger partial charge in [0.2, 0.25) is 0 Å². The van der Waals surface area contributed by atoms with E-state index in [0.717, 1.165) is 17.1 Å².